The Hall–Kier alpha value is -2.78. The lowest BCUT2D eigenvalue weighted by atomic mass is 10.1. The first-order chi connectivity index (χ1) is 12.4. The van der Waals surface area contributed by atoms with E-state index >= 15 is 0 Å². The SMILES string of the molecule is CC(=O)Nc1[nH]nc2c1CN(S(=O)(=O)c1ccc3ncccc3c1)CC2. The zero-order valence-electron chi connectivity index (χ0n) is 14.1. The maximum absolute atomic E-state index is 13.1. The predicted molar refractivity (Wildman–Crippen MR) is 95.9 cm³/mol. The number of anilines is 1. The molecule has 1 aliphatic heterocycles. The molecule has 0 saturated carbocycles. The second-order valence-electron chi connectivity index (χ2n) is 6.15. The van der Waals surface area contributed by atoms with Crippen molar-refractivity contribution in [1.29, 1.82) is 0 Å². The van der Waals surface area contributed by atoms with E-state index in [9.17, 15) is 13.2 Å². The molecule has 2 aromatic heterocycles. The Morgan fingerprint density at radius 1 is 1.31 bits per heavy atom. The second-order valence-corrected chi connectivity index (χ2v) is 8.09. The number of pyridine rings is 1. The third-order valence-corrected chi connectivity index (χ3v) is 6.24. The van der Waals surface area contributed by atoms with Crippen LogP contribution in [0.25, 0.3) is 10.9 Å². The van der Waals surface area contributed by atoms with Crippen LogP contribution in [0.5, 0.6) is 0 Å². The molecule has 0 aliphatic carbocycles. The lowest BCUT2D eigenvalue weighted by molar-refractivity contribution is -0.114. The Balaban J connectivity index is 1.68. The highest BCUT2D eigenvalue weighted by molar-refractivity contribution is 7.89. The van der Waals surface area contributed by atoms with Crippen LogP contribution in [0.3, 0.4) is 0 Å². The first-order valence-electron chi connectivity index (χ1n) is 8.14. The van der Waals surface area contributed by atoms with Crippen LogP contribution in [0.4, 0.5) is 5.82 Å². The third kappa shape index (κ3) is 2.85. The van der Waals surface area contributed by atoms with Gasteiger partial charge in [0.2, 0.25) is 15.9 Å². The maximum atomic E-state index is 13.1. The van der Waals surface area contributed by atoms with Crippen LogP contribution in [-0.2, 0) is 27.8 Å². The molecule has 0 bridgehead atoms. The number of nitrogens with zero attached hydrogens (tertiary/aromatic N) is 3. The van der Waals surface area contributed by atoms with Crippen molar-refractivity contribution in [3.63, 3.8) is 0 Å². The van der Waals surface area contributed by atoms with Crippen molar-refractivity contribution in [3.8, 4) is 0 Å². The van der Waals surface area contributed by atoms with E-state index in [-0.39, 0.29) is 17.3 Å². The highest BCUT2D eigenvalue weighted by Crippen LogP contribution is 2.29. The van der Waals surface area contributed by atoms with Crippen molar-refractivity contribution in [2.24, 2.45) is 0 Å². The third-order valence-electron chi connectivity index (χ3n) is 4.40. The number of benzene rings is 1. The van der Waals surface area contributed by atoms with Crippen LogP contribution in [-0.4, -0.2) is 40.4 Å². The summed E-state index contributed by atoms with van der Waals surface area (Å²) >= 11 is 0. The topological polar surface area (TPSA) is 108 Å². The molecule has 9 heteroatoms. The molecule has 0 fully saturated rings. The summed E-state index contributed by atoms with van der Waals surface area (Å²) in [5, 5.41) is 10.4. The van der Waals surface area contributed by atoms with Gasteiger partial charge in [-0.2, -0.15) is 9.40 Å². The molecule has 3 heterocycles. The number of carbonyl (C=O) groups is 1. The van der Waals surface area contributed by atoms with Crippen LogP contribution in [0.1, 0.15) is 18.2 Å². The van der Waals surface area contributed by atoms with Crippen molar-refractivity contribution in [1.82, 2.24) is 19.5 Å². The molecule has 0 atom stereocenters. The molecule has 0 unspecified atom stereocenters. The van der Waals surface area contributed by atoms with Gasteiger partial charge in [0.25, 0.3) is 0 Å². The van der Waals surface area contributed by atoms with Crippen molar-refractivity contribution in [3.05, 3.63) is 47.8 Å². The number of sulfonamides is 1. The molecular formula is C17H17N5O3S. The van der Waals surface area contributed by atoms with Crippen LogP contribution in [0.2, 0.25) is 0 Å². The highest BCUT2D eigenvalue weighted by atomic mass is 32.2. The van der Waals surface area contributed by atoms with Gasteiger partial charge in [-0.3, -0.25) is 14.9 Å². The van der Waals surface area contributed by atoms with E-state index in [4.69, 9.17) is 0 Å². The molecule has 1 aliphatic rings. The minimum absolute atomic E-state index is 0.162. The summed E-state index contributed by atoms with van der Waals surface area (Å²) in [6, 6.07) is 8.53. The number of hydrogen-bond donors (Lipinski definition) is 2. The number of aromatic nitrogens is 3. The lowest BCUT2D eigenvalue weighted by Gasteiger charge is -2.26. The molecule has 0 radical (unpaired) electrons. The zero-order chi connectivity index (χ0) is 18.3. The number of amides is 1. The van der Waals surface area contributed by atoms with Gasteiger partial charge in [0.1, 0.15) is 5.82 Å². The standard InChI is InChI=1S/C17H17N5O3S/c1-11(23)19-17-14-10-22(8-6-16(14)20-21-17)26(24,25)13-4-5-15-12(9-13)3-2-7-18-15/h2-5,7,9H,6,8,10H2,1H3,(H2,19,20,21,23). The average Bonchev–Trinajstić information content (AvgIpc) is 3.03. The fraction of sp³-hybridized carbons (Fsp3) is 0.235. The molecule has 1 amide bonds. The number of aromatic amines is 1. The van der Waals surface area contributed by atoms with Gasteiger partial charge in [-0.15, -0.1) is 0 Å². The summed E-state index contributed by atoms with van der Waals surface area (Å²) in [5.74, 6) is 0.216. The fourth-order valence-electron chi connectivity index (χ4n) is 3.11. The summed E-state index contributed by atoms with van der Waals surface area (Å²) in [4.78, 5) is 15.8. The Kier molecular flexibility index (Phi) is 3.97. The van der Waals surface area contributed by atoms with Crippen molar-refractivity contribution in [2.75, 3.05) is 11.9 Å². The smallest absolute Gasteiger partial charge is 0.243 e. The Morgan fingerprint density at radius 3 is 2.96 bits per heavy atom. The molecule has 4 rings (SSSR count). The minimum atomic E-state index is -3.67. The molecule has 2 N–H and O–H groups in total. The molecule has 0 spiro atoms. The molecule has 134 valence electrons. The van der Waals surface area contributed by atoms with E-state index in [0.29, 0.717) is 24.3 Å². The molecule has 3 aromatic rings. The maximum Gasteiger partial charge on any atom is 0.243 e. The van der Waals surface area contributed by atoms with Crippen molar-refractivity contribution >= 4 is 32.7 Å². The summed E-state index contributed by atoms with van der Waals surface area (Å²) in [5.41, 5.74) is 2.23. The van der Waals surface area contributed by atoms with E-state index in [1.165, 1.54) is 11.2 Å². The van der Waals surface area contributed by atoms with Crippen LogP contribution in [0.15, 0.2) is 41.4 Å². The van der Waals surface area contributed by atoms with Crippen molar-refractivity contribution in [2.45, 2.75) is 24.8 Å². The van der Waals surface area contributed by atoms with Crippen molar-refractivity contribution < 1.29 is 13.2 Å². The van der Waals surface area contributed by atoms with Gasteiger partial charge < -0.3 is 5.32 Å². The Labute approximate surface area is 150 Å². The van der Waals surface area contributed by atoms with Crippen LogP contribution < -0.4 is 5.32 Å². The van der Waals surface area contributed by atoms with Gasteiger partial charge in [0.15, 0.2) is 0 Å². The Morgan fingerprint density at radius 2 is 2.15 bits per heavy atom. The minimum Gasteiger partial charge on any atom is -0.311 e. The first-order valence-corrected chi connectivity index (χ1v) is 9.58. The molecule has 26 heavy (non-hydrogen) atoms. The highest BCUT2D eigenvalue weighted by Gasteiger charge is 2.31. The van der Waals surface area contributed by atoms with Gasteiger partial charge in [0, 0.05) is 43.6 Å². The average molecular weight is 371 g/mol. The molecule has 1 aromatic carbocycles. The number of carbonyl (C=O) groups excluding carboxylic acids is 1. The fourth-order valence-corrected chi connectivity index (χ4v) is 4.56. The largest absolute Gasteiger partial charge is 0.311 e. The van der Waals surface area contributed by atoms with Crippen LogP contribution in [0, 0.1) is 0 Å². The van der Waals surface area contributed by atoms with E-state index in [1.807, 2.05) is 6.07 Å². The van der Waals surface area contributed by atoms with Gasteiger partial charge >= 0.3 is 0 Å². The van der Waals surface area contributed by atoms with E-state index in [0.717, 1.165) is 16.6 Å². The lowest BCUT2D eigenvalue weighted by Crippen LogP contribution is -2.36. The summed E-state index contributed by atoms with van der Waals surface area (Å²) in [6.45, 7) is 1.90. The van der Waals surface area contributed by atoms with E-state index < -0.39 is 10.0 Å². The molecule has 8 nitrogen and oxygen atoms in total. The monoisotopic (exact) mass is 371 g/mol. The van der Waals surface area contributed by atoms with Gasteiger partial charge in [-0.25, -0.2) is 8.42 Å². The summed E-state index contributed by atoms with van der Waals surface area (Å²) in [6.07, 6.45) is 2.16. The molecular weight excluding hydrogens is 354 g/mol. The number of nitrogens with one attached hydrogen (secondary N) is 2. The van der Waals surface area contributed by atoms with E-state index in [1.54, 1.807) is 30.5 Å². The van der Waals surface area contributed by atoms with E-state index in [2.05, 4.69) is 20.5 Å². The van der Waals surface area contributed by atoms with Crippen LogP contribution >= 0.6 is 0 Å². The number of hydrogen-bond acceptors (Lipinski definition) is 5. The molecule has 0 saturated heterocycles. The number of fused-ring (bicyclic) bond motifs is 2. The zero-order valence-corrected chi connectivity index (χ0v) is 14.9. The predicted octanol–water partition coefficient (Wildman–Crippen LogP) is 1.66. The normalized spacial score (nSPS) is 15.0. The quantitative estimate of drug-likeness (QED) is 0.728. The summed E-state index contributed by atoms with van der Waals surface area (Å²) in [7, 11) is -3.67. The van der Waals surface area contributed by atoms with Gasteiger partial charge in [-0.05, 0) is 24.3 Å². The number of H-pyrrole nitrogens is 1. The Bertz CT molecular complexity index is 1110. The second kappa shape index (κ2) is 6.19. The number of rotatable bonds is 3. The van der Waals surface area contributed by atoms with Gasteiger partial charge in [0.05, 0.1) is 16.1 Å². The first kappa shape index (κ1) is 16.7. The summed E-state index contributed by atoms with van der Waals surface area (Å²) < 4.78 is 27.6. The van der Waals surface area contributed by atoms with Gasteiger partial charge in [-0.1, -0.05) is 6.07 Å².